The summed E-state index contributed by atoms with van der Waals surface area (Å²) < 4.78 is 36.6. The molecule has 0 heterocycles. The Hall–Kier alpha value is -2.74. The van der Waals surface area contributed by atoms with Crippen molar-refractivity contribution in [2.24, 2.45) is 0 Å². The number of nitrogens with zero attached hydrogens (tertiary/aromatic N) is 1. The summed E-state index contributed by atoms with van der Waals surface area (Å²) in [6.45, 7) is 4.57. The van der Waals surface area contributed by atoms with Crippen LogP contribution in [-0.4, -0.2) is 40.3 Å². The number of hydrogen-bond acceptors (Lipinski definition) is 5. The summed E-state index contributed by atoms with van der Waals surface area (Å²) in [5.74, 6) is 1.01. The van der Waals surface area contributed by atoms with Crippen molar-refractivity contribution in [3.8, 4) is 11.5 Å². The molecule has 0 fully saturated rings. The van der Waals surface area contributed by atoms with Gasteiger partial charge in [0, 0.05) is 6.54 Å². The maximum atomic E-state index is 12.8. The molecule has 29 heavy (non-hydrogen) atoms. The van der Waals surface area contributed by atoms with Crippen molar-refractivity contribution >= 4 is 21.6 Å². The summed E-state index contributed by atoms with van der Waals surface area (Å²) in [4.78, 5) is 12.8. The molecule has 0 aliphatic carbocycles. The lowest BCUT2D eigenvalue weighted by molar-refractivity contribution is -0.122. The zero-order chi connectivity index (χ0) is 21.4. The van der Waals surface area contributed by atoms with E-state index in [1.54, 1.807) is 31.2 Å². The quantitative estimate of drug-likeness (QED) is 0.639. The lowest BCUT2D eigenvalue weighted by Gasteiger charge is -2.30. The third-order valence-electron chi connectivity index (χ3n) is 4.36. The molecule has 158 valence electrons. The molecule has 0 radical (unpaired) electrons. The minimum Gasteiger partial charge on any atom is -0.497 e. The van der Waals surface area contributed by atoms with Gasteiger partial charge in [-0.2, -0.15) is 0 Å². The molecule has 2 rings (SSSR count). The molecule has 7 nitrogen and oxygen atoms in total. The molecule has 1 unspecified atom stereocenters. The highest BCUT2D eigenvalue weighted by molar-refractivity contribution is 7.92. The number of methoxy groups -OCH3 is 1. The first-order valence-corrected chi connectivity index (χ1v) is 11.3. The van der Waals surface area contributed by atoms with E-state index < -0.39 is 16.1 Å². The van der Waals surface area contributed by atoms with E-state index in [1.807, 2.05) is 31.2 Å². The number of anilines is 1. The zero-order valence-electron chi connectivity index (χ0n) is 17.2. The van der Waals surface area contributed by atoms with Gasteiger partial charge in [-0.25, -0.2) is 8.42 Å². The van der Waals surface area contributed by atoms with Crippen molar-refractivity contribution in [3.05, 3.63) is 54.1 Å². The summed E-state index contributed by atoms with van der Waals surface area (Å²) >= 11 is 0. The highest BCUT2D eigenvalue weighted by atomic mass is 32.2. The zero-order valence-corrected chi connectivity index (χ0v) is 18.0. The molecular formula is C21H28N2O5S. The fourth-order valence-electron chi connectivity index (χ4n) is 2.97. The molecule has 0 saturated heterocycles. The highest BCUT2D eigenvalue weighted by Gasteiger charge is 2.31. The van der Waals surface area contributed by atoms with Crippen molar-refractivity contribution in [2.45, 2.75) is 32.9 Å². The van der Waals surface area contributed by atoms with Gasteiger partial charge in [0.15, 0.2) is 0 Å². The summed E-state index contributed by atoms with van der Waals surface area (Å²) in [5, 5.41) is 2.84. The number of sulfonamides is 1. The highest BCUT2D eigenvalue weighted by Crippen LogP contribution is 2.25. The molecule has 1 amide bonds. The molecule has 0 spiro atoms. The maximum absolute atomic E-state index is 12.8. The van der Waals surface area contributed by atoms with E-state index in [0.29, 0.717) is 31.0 Å². The van der Waals surface area contributed by atoms with Crippen LogP contribution < -0.4 is 19.1 Å². The molecule has 2 aromatic carbocycles. The number of benzene rings is 2. The number of carbonyl (C=O) groups excluding carboxylic acids is 1. The molecule has 0 aromatic heterocycles. The minimum absolute atomic E-state index is 0.294. The second kappa shape index (κ2) is 10.2. The van der Waals surface area contributed by atoms with Crippen LogP contribution in [-0.2, 0) is 21.4 Å². The van der Waals surface area contributed by atoms with Crippen molar-refractivity contribution in [2.75, 3.05) is 24.3 Å². The number of amides is 1. The lowest BCUT2D eigenvalue weighted by atomic mass is 10.1. The van der Waals surface area contributed by atoms with E-state index in [0.717, 1.165) is 21.9 Å². The van der Waals surface area contributed by atoms with Gasteiger partial charge in [0.1, 0.15) is 17.5 Å². The van der Waals surface area contributed by atoms with Crippen LogP contribution in [0.4, 0.5) is 5.69 Å². The summed E-state index contributed by atoms with van der Waals surface area (Å²) in [7, 11) is -2.14. The molecule has 0 bridgehead atoms. The van der Waals surface area contributed by atoms with Crippen LogP contribution in [0.2, 0.25) is 0 Å². The Morgan fingerprint density at radius 1 is 1.03 bits per heavy atom. The van der Waals surface area contributed by atoms with Crippen molar-refractivity contribution in [1.29, 1.82) is 0 Å². The van der Waals surface area contributed by atoms with Crippen LogP contribution >= 0.6 is 0 Å². The minimum atomic E-state index is -3.67. The SMILES string of the molecule is CCOc1ccc(CNC(=O)C(CC)N(c2ccc(OC)cc2)S(C)(=O)=O)cc1. The topological polar surface area (TPSA) is 84.9 Å². The molecule has 8 heteroatoms. The van der Waals surface area contributed by atoms with Crippen LogP contribution in [0.15, 0.2) is 48.5 Å². The van der Waals surface area contributed by atoms with Crippen molar-refractivity contribution < 1.29 is 22.7 Å². The van der Waals surface area contributed by atoms with E-state index in [1.165, 1.54) is 7.11 Å². The molecule has 0 aliphatic heterocycles. The first-order valence-electron chi connectivity index (χ1n) is 9.43. The Bertz CT molecular complexity index is 896. The van der Waals surface area contributed by atoms with Crippen LogP contribution in [0.25, 0.3) is 0 Å². The average Bonchev–Trinajstić information content (AvgIpc) is 2.70. The van der Waals surface area contributed by atoms with Gasteiger partial charge in [-0.15, -0.1) is 0 Å². The molecule has 0 aliphatic rings. The first-order chi connectivity index (χ1) is 13.8. The number of hydrogen-bond donors (Lipinski definition) is 1. The molecule has 1 N–H and O–H groups in total. The van der Waals surface area contributed by atoms with E-state index in [-0.39, 0.29) is 5.91 Å². The monoisotopic (exact) mass is 420 g/mol. The molecule has 1 atom stereocenters. The van der Waals surface area contributed by atoms with Crippen LogP contribution in [0, 0.1) is 0 Å². The first kappa shape index (κ1) is 22.5. The Labute approximate surface area is 172 Å². The van der Waals surface area contributed by atoms with Gasteiger partial charge in [0.05, 0.1) is 25.7 Å². The smallest absolute Gasteiger partial charge is 0.244 e. The third-order valence-corrected chi connectivity index (χ3v) is 5.54. The average molecular weight is 421 g/mol. The van der Waals surface area contributed by atoms with Crippen molar-refractivity contribution in [3.63, 3.8) is 0 Å². The summed E-state index contributed by atoms with van der Waals surface area (Å²) in [6, 6.07) is 13.1. The van der Waals surface area contributed by atoms with Gasteiger partial charge in [0.2, 0.25) is 15.9 Å². The van der Waals surface area contributed by atoms with Gasteiger partial charge in [0.25, 0.3) is 0 Å². The van der Waals surface area contributed by atoms with E-state index in [2.05, 4.69) is 5.32 Å². The van der Waals surface area contributed by atoms with Crippen LogP contribution in [0.1, 0.15) is 25.8 Å². The van der Waals surface area contributed by atoms with Crippen LogP contribution in [0.5, 0.6) is 11.5 Å². The molecule has 2 aromatic rings. The van der Waals surface area contributed by atoms with Gasteiger partial charge < -0.3 is 14.8 Å². The number of nitrogens with one attached hydrogen (secondary N) is 1. The fourth-order valence-corrected chi connectivity index (χ4v) is 4.18. The second-order valence-corrected chi connectivity index (χ2v) is 8.34. The van der Waals surface area contributed by atoms with Crippen LogP contribution in [0.3, 0.4) is 0 Å². The Morgan fingerprint density at radius 2 is 1.62 bits per heavy atom. The standard InChI is InChI=1S/C21H28N2O5S/c1-5-20(21(24)22-15-16-7-11-19(12-8-16)28-6-2)23(29(4,25)26)17-9-13-18(27-3)14-10-17/h7-14,20H,5-6,15H2,1-4H3,(H,22,24). The third kappa shape index (κ3) is 6.12. The Balaban J connectivity index is 2.16. The second-order valence-electron chi connectivity index (χ2n) is 6.48. The van der Waals surface area contributed by atoms with Gasteiger partial charge in [-0.1, -0.05) is 19.1 Å². The maximum Gasteiger partial charge on any atom is 0.244 e. The van der Waals surface area contributed by atoms with E-state index in [4.69, 9.17) is 9.47 Å². The Morgan fingerprint density at radius 3 is 2.10 bits per heavy atom. The molecule has 0 saturated carbocycles. The summed E-state index contributed by atoms with van der Waals surface area (Å²) in [6.07, 6.45) is 1.42. The predicted octanol–water partition coefficient (Wildman–Crippen LogP) is 2.95. The Kier molecular flexibility index (Phi) is 7.90. The summed E-state index contributed by atoms with van der Waals surface area (Å²) in [5.41, 5.74) is 1.31. The van der Waals surface area contributed by atoms with Gasteiger partial charge in [-0.3, -0.25) is 9.10 Å². The van der Waals surface area contributed by atoms with Gasteiger partial charge >= 0.3 is 0 Å². The predicted molar refractivity (Wildman–Crippen MR) is 114 cm³/mol. The number of rotatable bonds is 10. The largest absolute Gasteiger partial charge is 0.497 e. The molecular weight excluding hydrogens is 392 g/mol. The normalized spacial score (nSPS) is 12.1. The fraction of sp³-hybridized carbons (Fsp3) is 0.381. The van der Waals surface area contributed by atoms with E-state index in [9.17, 15) is 13.2 Å². The number of carbonyl (C=O) groups is 1. The van der Waals surface area contributed by atoms with Crippen molar-refractivity contribution in [1.82, 2.24) is 5.32 Å². The number of ether oxygens (including phenoxy) is 2. The lowest BCUT2D eigenvalue weighted by Crippen LogP contribution is -2.49. The van der Waals surface area contributed by atoms with E-state index >= 15 is 0 Å². The van der Waals surface area contributed by atoms with Gasteiger partial charge in [-0.05, 0) is 55.3 Å².